The van der Waals surface area contributed by atoms with Crippen molar-refractivity contribution in [3.8, 4) is 0 Å². The van der Waals surface area contributed by atoms with E-state index in [2.05, 4.69) is 10.6 Å². The number of piperazine rings is 1. The number of hydrogen-bond donors (Lipinski definition) is 2. The van der Waals surface area contributed by atoms with Gasteiger partial charge in [-0.2, -0.15) is 0 Å². The van der Waals surface area contributed by atoms with Gasteiger partial charge >= 0.3 is 0 Å². The van der Waals surface area contributed by atoms with Gasteiger partial charge < -0.3 is 20.4 Å². The second-order valence-electron chi connectivity index (χ2n) is 7.64. The molecule has 2 heterocycles. The molecule has 1 saturated carbocycles. The van der Waals surface area contributed by atoms with Crippen LogP contribution in [0.1, 0.15) is 51.9 Å². The number of piperidine rings is 1. The lowest BCUT2D eigenvalue weighted by Gasteiger charge is -2.45. The summed E-state index contributed by atoms with van der Waals surface area (Å²) in [6, 6.07) is 0.102. The minimum absolute atomic E-state index is 0. The van der Waals surface area contributed by atoms with Gasteiger partial charge in [-0.3, -0.25) is 14.4 Å². The molecule has 2 N–H and O–H groups in total. The number of halogens is 1. The summed E-state index contributed by atoms with van der Waals surface area (Å²) >= 11 is 0. The van der Waals surface area contributed by atoms with Gasteiger partial charge in [0.15, 0.2) is 0 Å². The van der Waals surface area contributed by atoms with Crippen molar-refractivity contribution < 1.29 is 14.4 Å². The third-order valence-electron chi connectivity index (χ3n) is 5.78. The Hall–Kier alpha value is -1.34. The van der Waals surface area contributed by atoms with E-state index in [0.29, 0.717) is 19.6 Å². The normalized spacial score (nSPS) is 26.0. The summed E-state index contributed by atoms with van der Waals surface area (Å²) in [4.78, 5) is 41.0. The molecule has 1 aliphatic carbocycles. The Morgan fingerprint density at radius 2 is 1.88 bits per heavy atom. The molecule has 0 spiro atoms. The summed E-state index contributed by atoms with van der Waals surface area (Å²) in [5.41, 5.74) is -0.737. The monoisotopic (exact) mass is 386 g/mol. The van der Waals surface area contributed by atoms with Crippen LogP contribution in [0.25, 0.3) is 0 Å². The molecular formula is C18H31ClN4O3. The van der Waals surface area contributed by atoms with Gasteiger partial charge in [0.1, 0.15) is 5.54 Å². The number of rotatable bonds is 3. The Labute approximate surface area is 161 Å². The summed E-state index contributed by atoms with van der Waals surface area (Å²) in [5.74, 6) is 0.0376. The van der Waals surface area contributed by atoms with Crippen molar-refractivity contribution in [1.82, 2.24) is 20.4 Å². The van der Waals surface area contributed by atoms with Crippen LogP contribution in [0.15, 0.2) is 0 Å². The molecule has 0 aromatic rings. The van der Waals surface area contributed by atoms with Crippen LogP contribution in [0.4, 0.5) is 0 Å². The van der Waals surface area contributed by atoms with E-state index in [1.54, 1.807) is 0 Å². The molecule has 2 aliphatic heterocycles. The molecule has 1 unspecified atom stereocenters. The van der Waals surface area contributed by atoms with Crippen molar-refractivity contribution in [2.45, 2.75) is 63.5 Å². The first-order valence-corrected chi connectivity index (χ1v) is 9.60. The highest BCUT2D eigenvalue weighted by Crippen LogP contribution is 2.31. The van der Waals surface area contributed by atoms with Crippen LogP contribution in [0, 0.1) is 0 Å². The Balaban J connectivity index is 0.00000243. The molecule has 3 amide bonds. The third-order valence-corrected chi connectivity index (χ3v) is 5.78. The molecule has 3 aliphatic rings. The number of nitrogens with zero attached hydrogens (tertiary/aromatic N) is 2. The van der Waals surface area contributed by atoms with Gasteiger partial charge in [-0.15, -0.1) is 12.4 Å². The number of likely N-dealkylation sites (tertiary alicyclic amines) is 1. The molecule has 1 atom stereocenters. The fourth-order valence-corrected chi connectivity index (χ4v) is 4.59. The van der Waals surface area contributed by atoms with Gasteiger partial charge in [-0.05, 0) is 25.7 Å². The molecule has 0 bridgehead atoms. The molecule has 0 aromatic heterocycles. The van der Waals surface area contributed by atoms with Crippen molar-refractivity contribution in [2.24, 2.45) is 0 Å². The number of carbonyl (C=O) groups is 3. The predicted octanol–water partition coefficient (Wildman–Crippen LogP) is 0.670. The van der Waals surface area contributed by atoms with Crippen LogP contribution in [0.3, 0.4) is 0 Å². The number of amides is 3. The van der Waals surface area contributed by atoms with Crippen LogP contribution in [0.5, 0.6) is 0 Å². The molecular weight excluding hydrogens is 356 g/mol. The maximum Gasteiger partial charge on any atom is 0.248 e. The SMILES string of the molecule is CC(=O)NC1(C(=O)N2CCCC(N3CCNCC3=O)C2)CCCCC1.Cl. The Morgan fingerprint density at radius 3 is 2.54 bits per heavy atom. The fourth-order valence-electron chi connectivity index (χ4n) is 4.59. The Morgan fingerprint density at radius 1 is 1.15 bits per heavy atom. The van der Waals surface area contributed by atoms with E-state index in [-0.39, 0.29) is 36.2 Å². The molecule has 7 nitrogen and oxygen atoms in total. The second-order valence-corrected chi connectivity index (χ2v) is 7.64. The molecule has 8 heteroatoms. The highest BCUT2D eigenvalue weighted by molar-refractivity contribution is 5.91. The highest BCUT2D eigenvalue weighted by Gasteiger charge is 2.44. The van der Waals surface area contributed by atoms with E-state index in [4.69, 9.17) is 0 Å². The summed E-state index contributed by atoms with van der Waals surface area (Å²) in [7, 11) is 0. The van der Waals surface area contributed by atoms with E-state index in [1.165, 1.54) is 6.92 Å². The minimum Gasteiger partial charge on any atom is -0.342 e. The van der Waals surface area contributed by atoms with E-state index in [1.807, 2.05) is 9.80 Å². The summed E-state index contributed by atoms with van der Waals surface area (Å²) in [5, 5.41) is 6.07. The zero-order chi connectivity index (χ0) is 17.9. The Bertz CT molecular complexity index is 537. The molecule has 26 heavy (non-hydrogen) atoms. The molecule has 3 rings (SSSR count). The van der Waals surface area contributed by atoms with Crippen molar-refractivity contribution in [1.29, 1.82) is 0 Å². The molecule has 148 valence electrons. The number of carbonyl (C=O) groups excluding carboxylic acids is 3. The maximum atomic E-state index is 13.3. The minimum atomic E-state index is -0.737. The van der Waals surface area contributed by atoms with E-state index in [0.717, 1.165) is 58.0 Å². The first kappa shape index (κ1) is 21.0. The highest BCUT2D eigenvalue weighted by atomic mass is 35.5. The van der Waals surface area contributed by atoms with E-state index < -0.39 is 5.54 Å². The largest absolute Gasteiger partial charge is 0.342 e. The lowest BCUT2D eigenvalue weighted by molar-refractivity contribution is -0.147. The maximum absolute atomic E-state index is 13.3. The van der Waals surface area contributed by atoms with Crippen molar-refractivity contribution in [3.05, 3.63) is 0 Å². The third kappa shape index (κ3) is 4.49. The predicted molar refractivity (Wildman–Crippen MR) is 101 cm³/mol. The molecule has 0 aromatic carbocycles. The molecule has 3 fully saturated rings. The summed E-state index contributed by atoms with van der Waals surface area (Å²) < 4.78 is 0. The van der Waals surface area contributed by atoms with Crippen LogP contribution < -0.4 is 10.6 Å². The average molecular weight is 387 g/mol. The standard InChI is InChI=1S/C18H30N4O3.ClH/c1-14(23)20-18(7-3-2-4-8-18)17(25)21-10-5-6-15(13-21)22-11-9-19-12-16(22)24;/h15,19H,2-13H2,1H3,(H,20,23);1H. The van der Waals surface area contributed by atoms with Crippen LogP contribution in [-0.2, 0) is 14.4 Å². The first-order valence-electron chi connectivity index (χ1n) is 9.60. The lowest BCUT2D eigenvalue weighted by atomic mass is 9.80. The van der Waals surface area contributed by atoms with Crippen LogP contribution >= 0.6 is 12.4 Å². The number of hydrogen-bond acceptors (Lipinski definition) is 4. The van der Waals surface area contributed by atoms with Gasteiger partial charge in [0.25, 0.3) is 0 Å². The van der Waals surface area contributed by atoms with Crippen LogP contribution in [-0.4, -0.2) is 71.8 Å². The van der Waals surface area contributed by atoms with E-state index in [9.17, 15) is 14.4 Å². The van der Waals surface area contributed by atoms with Crippen LogP contribution in [0.2, 0.25) is 0 Å². The molecule has 0 radical (unpaired) electrons. The van der Waals surface area contributed by atoms with Gasteiger partial charge in [-0.25, -0.2) is 0 Å². The average Bonchev–Trinajstić information content (AvgIpc) is 2.62. The van der Waals surface area contributed by atoms with Gasteiger partial charge in [0.2, 0.25) is 17.7 Å². The zero-order valence-corrected chi connectivity index (χ0v) is 16.4. The zero-order valence-electron chi connectivity index (χ0n) is 15.6. The summed E-state index contributed by atoms with van der Waals surface area (Å²) in [6.45, 7) is 4.71. The lowest BCUT2D eigenvalue weighted by Crippen LogP contribution is -2.64. The Kier molecular flexibility index (Phi) is 7.29. The van der Waals surface area contributed by atoms with Crippen molar-refractivity contribution in [2.75, 3.05) is 32.7 Å². The quantitative estimate of drug-likeness (QED) is 0.747. The fraction of sp³-hybridized carbons (Fsp3) is 0.833. The van der Waals surface area contributed by atoms with E-state index >= 15 is 0 Å². The van der Waals surface area contributed by atoms with Gasteiger partial charge in [-0.1, -0.05) is 19.3 Å². The first-order chi connectivity index (χ1) is 12.0. The second kappa shape index (κ2) is 9.04. The van der Waals surface area contributed by atoms with Gasteiger partial charge in [0.05, 0.1) is 6.54 Å². The molecule has 2 saturated heterocycles. The van der Waals surface area contributed by atoms with Gasteiger partial charge in [0, 0.05) is 39.1 Å². The topological polar surface area (TPSA) is 81.8 Å². The number of nitrogens with one attached hydrogen (secondary N) is 2. The summed E-state index contributed by atoms with van der Waals surface area (Å²) in [6.07, 6.45) is 6.36. The smallest absolute Gasteiger partial charge is 0.248 e. The van der Waals surface area contributed by atoms with Crippen molar-refractivity contribution >= 4 is 30.1 Å². The van der Waals surface area contributed by atoms with Crippen molar-refractivity contribution in [3.63, 3.8) is 0 Å².